The second-order valence-corrected chi connectivity index (χ2v) is 5.36. The number of rotatable bonds is 2. The highest BCUT2D eigenvalue weighted by atomic mass is 79.9. The lowest BCUT2D eigenvalue weighted by Crippen LogP contribution is -2.10. The van der Waals surface area contributed by atoms with Gasteiger partial charge in [-0.3, -0.25) is 0 Å². The maximum absolute atomic E-state index is 13.2. The third-order valence-electron chi connectivity index (χ3n) is 2.72. The Morgan fingerprint density at radius 2 is 1.81 bits per heavy atom. The van der Waals surface area contributed by atoms with Gasteiger partial charge in [0.1, 0.15) is 22.8 Å². The monoisotopic (exact) mass is 383 g/mol. The Hall–Kier alpha value is -1.18. The van der Waals surface area contributed by atoms with Crippen LogP contribution in [0.5, 0.6) is 0 Å². The van der Waals surface area contributed by atoms with Crippen LogP contribution in [0.1, 0.15) is 22.9 Å². The summed E-state index contributed by atoms with van der Waals surface area (Å²) in [5.41, 5.74) is -1.07. The first-order valence-corrected chi connectivity index (χ1v) is 6.74. The van der Waals surface area contributed by atoms with E-state index in [-0.39, 0.29) is 11.1 Å². The van der Waals surface area contributed by atoms with Crippen LogP contribution in [-0.4, -0.2) is 10.1 Å². The van der Waals surface area contributed by atoms with Crippen molar-refractivity contribution in [1.29, 1.82) is 0 Å². The third kappa shape index (κ3) is 3.53. The molecule has 112 valence electrons. The van der Waals surface area contributed by atoms with Crippen LogP contribution in [-0.2, 0) is 6.18 Å². The lowest BCUT2D eigenvalue weighted by molar-refractivity contribution is -0.141. The minimum atomic E-state index is -4.63. The summed E-state index contributed by atoms with van der Waals surface area (Å²) >= 11 is 8.82. The number of pyridine rings is 1. The van der Waals surface area contributed by atoms with Crippen LogP contribution in [0.3, 0.4) is 0 Å². The van der Waals surface area contributed by atoms with Gasteiger partial charge < -0.3 is 5.11 Å². The predicted octanol–water partition coefficient (Wildman–Crippen LogP) is 4.74. The lowest BCUT2D eigenvalue weighted by atomic mass is 10.0. The average molecular weight is 385 g/mol. The Balaban J connectivity index is 2.44. The second kappa shape index (κ2) is 5.90. The Kier molecular flexibility index (Phi) is 4.55. The number of aromatic nitrogens is 1. The highest BCUT2D eigenvalue weighted by molar-refractivity contribution is 9.10. The van der Waals surface area contributed by atoms with Crippen molar-refractivity contribution in [3.05, 3.63) is 62.6 Å². The molecule has 2 nitrogen and oxygen atoms in total. The highest BCUT2D eigenvalue weighted by Gasteiger charge is 2.33. The molecule has 21 heavy (non-hydrogen) atoms. The van der Waals surface area contributed by atoms with Crippen molar-refractivity contribution >= 4 is 27.5 Å². The summed E-state index contributed by atoms with van der Waals surface area (Å²) in [5.74, 6) is -0.594. The van der Waals surface area contributed by atoms with Crippen LogP contribution in [0.4, 0.5) is 17.6 Å². The Morgan fingerprint density at radius 1 is 1.14 bits per heavy atom. The first-order valence-electron chi connectivity index (χ1n) is 5.57. The summed E-state index contributed by atoms with van der Waals surface area (Å²) < 4.78 is 51.1. The van der Waals surface area contributed by atoms with E-state index in [9.17, 15) is 22.7 Å². The van der Waals surface area contributed by atoms with Gasteiger partial charge in [-0.15, -0.1) is 0 Å². The predicted molar refractivity (Wildman–Crippen MR) is 72.4 cm³/mol. The molecular weight excluding hydrogens is 377 g/mol. The summed E-state index contributed by atoms with van der Waals surface area (Å²) in [7, 11) is 0. The number of aliphatic hydroxyl groups is 1. The SMILES string of the molecule is OC(c1cc(F)ccc1Br)c1ccc(C(F)(F)F)nc1Cl. The van der Waals surface area contributed by atoms with Crippen LogP contribution in [0, 0.1) is 5.82 Å². The summed E-state index contributed by atoms with van der Waals surface area (Å²) in [4.78, 5) is 3.21. The summed E-state index contributed by atoms with van der Waals surface area (Å²) in [6, 6.07) is 5.33. The molecule has 0 radical (unpaired) electrons. The smallest absolute Gasteiger partial charge is 0.383 e. The first-order chi connectivity index (χ1) is 9.70. The molecule has 2 rings (SSSR count). The zero-order valence-electron chi connectivity index (χ0n) is 10.1. The lowest BCUT2D eigenvalue weighted by Gasteiger charge is -2.15. The minimum absolute atomic E-state index is 0.0454. The average Bonchev–Trinajstić information content (AvgIpc) is 2.39. The molecule has 1 aromatic heterocycles. The zero-order valence-corrected chi connectivity index (χ0v) is 12.5. The van der Waals surface area contributed by atoms with E-state index >= 15 is 0 Å². The van der Waals surface area contributed by atoms with Crippen molar-refractivity contribution < 1.29 is 22.7 Å². The molecule has 0 spiro atoms. The fraction of sp³-hybridized carbons (Fsp3) is 0.154. The van der Waals surface area contributed by atoms with E-state index in [1.807, 2.05) is 0 Å². The molecule has 1 atom stereocenters. The van der Waals surface area contributed by atoms with Gasteiger partial charge in [0.25, 0.3) is 0 Å². The molecule has 0 saturated carbocycles. The van der Waals surface area contributed by atoms with E-state index in [0.29, 0.717) is 10.5 Å². The Morgan fingerprint density at radius 3 is 2.38 bits per heavy atom. The molecule has 0 saturated heterocycles. The molecule has 8 heteroatoms. The second-order valence-electron chi connectivity index (χ2n) is 4.14. The van der Waals surface area contributed by atoms with Crippen molar-refractivity contribution in [2.45, 2.75) is 12.3 Å². The largest absolute Gasteiger partial charge is 0.433 e. The minimum Gasteiger partial charge on any atom is -0.383 e. The fourth-order valence-electron chi connectivity index (χ4n) is 1.70. The fourth-order valence-corrected chi connectivity index (χ4v) is 2.42. The van der Waals surface area contributed by atoms with Gasteiger partial charge in [0.15, 0.2) is 0 Å². The van der Waals surface area contributed by atoms with E-state index in [0.717, 1.165) is 12.1 Å². The highest BCUT2D eigenvalue weighted by Crippen LogP contribution is 2.35. The molecule has 0 bridgehead atoms. The van der Waals surface area contributed by atoms with Crippen LogP contribution < -0.4 is 0 Å². The number of alkyl halides is 3. The summed E-state index contributed by atoms with van der Waals surface area (Å²) in [5, 5.41) is 9.68. The van der Waals surface area contributed by atoms with Gasteiger partial charge in [-0.2, -0.15) is 13.2 Å². The molecule has 1 unspecified atom stereocenters. The Bertz CT molecular complexity index is 678. The molecule has 2 aromatic rings. The van der Waals surface area contributed by atoms with Crippen molar-refractivity contribution in [1.82, 2.24) is 4.98 Å². The van der Waals surface area contributed by atoms with Crippen LogP contribution in [0.15, 0.2) is 34.8 Å². The molecule has 0 amide bonds. The maximum atomic E-state index is 13.2. The molecule has 0 aliphatic heterocycles. The van der Waals surface area contributed by atoms with Gasteiger partial charge in [-0.25, -0.2) is 9.37 Å². The van der Waals surface area contributed by atoms with Crippen molar-refractivity contribution in [3.8, 4) is 0 Å². The maximum Gasteiger partial charge on any atom is 0.433 e. The normalized spacial score (nSPS) is 13.3. The van der Waals surface area contributed by atoms with E-state index in [2.05, 4.69) is 20.9 Å². The third-order valence-corrected chi connectivity index (χ3v) is 3.74. The van der Waals surface area contributed by atoms with Gasteiger partial charge in [-0.1, -0.05) is 33.6 Å². The zero-order chi connectivity index (χ0) is 15.8. The molecule has 0 aliphatic carbocycles. The Labute approximate surface area is 130 Å². The first kappa shape index (κ1) is 16.2. The van der Waals surface area contributed by atoms with Crippen molar-refractivity contribution in [2.24, 2.45) is 0 Å². The molecule has 0 aliphatic rings. The number of halogens is 6. The standard InChI is InChI=1S/C13H7BrClF4NO/c14-9-3-1-6(16)5-8(9)11(21)7-2-4-10(13(17,18)19)20-12(7)15/h1-5,11,21H. The van der Waals surface area contributed by atoms with Crippen LogP contribution >= 0.6 is 27.5 Å². The number of hydrogen-bond acceptors (Lipinski definition) is 2. The van der Waals surface area contributed by atoms with Gasteiger partial charge >= 0.3 is 6.18 Å². The number of nitrogens with zero attached hydrogens (tertiary/aromatic N) is 1. The quantitative estimate of drug-likeness (QED) is 0.599. The van der Waals surface area contributed by atoms with Crippen molar-refractivity contribution in [2.75, 3.05) is 0 Å². The number of benzene rings is 1. The van der Waals surface area contributed by atoms with Crippen molar-refractivity contribution in [3.63, 3.8) is 0 Å². The van der Waals surface area contributed by atoms with Gasteiger partial charge in [0.2, 0.25) is 0 Å². The number of aliphatic hydroxyl groups excluding tert-OH is 1. The molecular formula is C13H7BrClF4NO. The van der Waals surface area contributed by atoms with Gasteiger partial charge in [0, 0.05) is 15.6 Å². The number of hydrogen-bond donors (Lipinski definition) is 1. The molecule has 0 fully saturated rings. The van der Waals surface area contributed by atoms with Gasteiger partial charge in [-0.05, 0) is 24.3 Å². The van der Waals surface area contributed by atoms with E-state index in [4.69, 9.17) is 11.6 Å². The molecule has 1 heterocycles. The molecule has 1 aromatic carbocycles. The van der Waals surface area contributed by atoms with Gasteiger partial charge in [0.05, 0.1) is 0 Å². The van der Waals surface area contributed by atoms with E-state index < -0.39 is 28.9 Å². The van der Waals surface area contributed by atoms with E-state index in [1.54, 1.807) is 0 Å². The summed E-state index contributed by atoms with van der Waals surface area (Å²) in [6.07, 6.45) is -6.04. The van der Waals surface area contributed by atoms with E-state index in [1.165, 1.54) is 12.1 Å². The topological polar surface area (TPSA) is 33.1 Å². The summed E-state index contributed by atoms with van der Waals surface area (Å²) in [6.45, 7) is 0. The molecule has 1 N–H and O–H groups in total. The van der Waals surface area contributed by atoms with Crippen LogP contribution in [0.2, 0.25) is 5.15 Å². The van der Waals surface area contributed by atoms with Crippen LogP contribution in [0.25, 0.3) is 0 Å².